The largest absolute Gasteiger partial charge is 0.465 e. The summed E-state index contributed by atoms with van der Waals surface area (Å²) in [5, 5.41) is 0. The molecule has 0 spiro atoms. The lowest BCUT2D eigenvalue weighted by Gasteiger charge is -1.97. The van der Waals surface area contributed by atoms with E-state index in [4.69, 9.17) is 4.42 Å². The van der Waals surface area contributed by atoms with Crippen LogP contribution in [0.4, 0.5) is 0 Å². The molecule has 1 heterocycles. The Morgan fingerprint density at radius 3 is 2.83 bits per heavy atom. The van der Waals surface area contributed by atoms with Crippen LogP contribution < -0.4 is 0 Å². The summed E-state index contributed by atoms with van der Waals surface area (Å²) in [6, 6.07) is 3.68. The summed E-state index contributed by atoms with van der Waals surface area (Å²) in [5.41, 5.74) is 0.951. The van der Waals surface area contributed by atoms with Crippen LogP contribution >= 0.6 is 0 Å². The molecule has 0 amide bonds. The molecule has 0 saturated carbocycles. The van der Waals surface area contributed by atoms with E-state index in [0.29, 0.717) is 0 Å². The maximum Gasteiger partial charge on any atom is 0.153 e. The van der Waals surface area contributed by atoms with Crippen LogP contribution in [0.2, 0.25) is 0 Å². The highest BCUT2D eigenvalue weighted by Crippen LogP contribution is 2.17. The van der Waals surface area contributed by atoms with E-state index in [0.717, 1.165) is 17.8 Å². The smallest absolute Gasteiger partial charge is 0.153 e. The molecule has 1 aromatic rings. The molecule has 2 heteroatoms. The van der Waals surface area contributed by atoms with Crippen LogP contribution in [0.3, 0.4) is 0 Å². The van der Waals surface area contributed by atoms with Gasteiger partial charge in [0.05, 0.1) is 6.26 Å². The van der Waals surface area contributed by atoms with E-state index in [1.54, 1.807) is 19.3 Å². The van der Waals surface area contributed by atoms with Crippen molar-refractivity contribution in [2.24, 2.45) is 0 Å². The van der Waals surface area contributed by atoms with Crippen LogP contribution in [0.25, 0.3) is 5.57 Å². The minimum absolute atomic E-state index is 0.0586. The summed E-state index contributed by atoms with van der Waals surface area (Å²) in [6.07, 6.45) is 4.03. The Morgan fingerprint density at radius 1 is 1.67 bits per heavy atom. The Hall–Kier alpha value is -1.31. The molecule has 0 unspecified atom stereocenters. The fraction of sp³-hybridized carbons (Fsp3) is 0.300. The van der Waals surface area contributed by atoms with Gasteiger partial charge in [-0.15, -0.1) is 0 Å². The first kappa shape index (κ1) is 8.78. The van der Waals surface area contributed by atoms with E-state index in [1.165, 1.54) is 0 Å². The highest BCUT2D eigenvalue weighted by molar-refractivity contribution is 5.94. The molecule has 1 aromatic heterocycles. The lowest BCUT2D eigenvalue weighted by Crippen LogP contribution is -1.86. The van der Waals surface area contributed by atoms with Crippen molar-refractivity contribution >= 4 is 11.4 Å². The minimum atomic E-state index is 0.0586. The Balaban J connectivity index is 2.91. The fourth-order valence-corrected chi connectivity index (χ4v) is 1.05. The average molecular weight is 164 g/mol. The number of carbonyl (C=O) groups is 1. The molecule has 0 aliphatic rings. The summed E-state index contributed by atoms with van der Waals surface area (Å²) in [7, 11) is 0. The Morgan fingerprint density at radius 2 is 2.42 bits per heavy atom. The number of carbonyl (C=O) groups excluding carboxylic acids is 1. The van der Waals surface area contributed by atoms with Crippen molar-refractivity contribution in [1.82, 2.24) is 0 Å². The predicted octanol–water partition coefficient (Wildman–Crippen LogP) is 2.66. The van der Waals surface area contributed by atoms with Crippen molar-refractivity contribution in [1.29, 1.82) is 0 Å². The third-order valence-electron chi connectivity index (χ3n) is 1.60. The maximum atomic E-state index is 10.8. The summed E-state index contributed by atoms with van der Waals surface area (Å²) >= 11 is 0. The predicted molar refractivity (Wildman–Crippen MR) is 47.7 cm³/mol. The van der Waals surface area contributed by atoms with Gasteiger partial charge in [-0.05, 0) is 37.1 Å². The summed E-state index contributed by atoms with van der Waals surface area (Å²) < 4.78 is 5.17. The summed E-state index contributed by atoms with van der Waals surface area (Å²) in [5.74, 6) is 0.843. The van der Waals surface area contributed by atoms with Crippen LogP contribution in [0.5, 0.6) is 0 Å². The second kappa shape index (κ2) is 3.90. The molecule has 0 radical (unpaired) electrons. The van der Waals surface area contributed by atoms with Crippen LogP contribution in [-0.2, 0) is 4.79 Å². The average Bonchev–Trinajstić information content (AvgIpc) is 2.51. The zero-order chi connectivity index (χ0) is 8.97. The lowest BCUT2D eigenvalue weighted by molar-refractivity contribution is -0.112. The molecule has 0 N–H and O–H groups in total. The van der Waals surface area contributed by atoms with Gasteiger partial charge in [0.15, 0.2) is 5.78 Å². The van der Waals surface area contributed by atoms with Gasteiger partial charge in [0.2, 0.25) is 0 Å². The quantitative estimate of drug-likeness (QED) is 0.643. The van der Waals surface area contributed by atoms with E-state index in [9.17, 15) is 4.79 Å². The summed E-state index contributed by atoms with van der Waals surface area (Å²) in [6.45, 7) is 3.54. The minimum Gasteiger partial charge on any atom is -0.465 e. The molecule has 0 fully saturated rings. The standard InChI is InChI=1S/C10H12O2/c1-3-9(7-8(2)11)10-5-4-6-12-10/h4-7H,3H2,1-2H3/b9-7-. The number of hydrogen-bond acceptors (Lipinski definition) is 2. The molecule has 0 aromatic carbocycles. The monoisotopic (exact) mass is 164 g/mol. The van der Waals surface area contributed by atoms with Crippen LogP contribution in [0.1, 0.15) is 26.0 Å². The normalized spacial score (nSPS) is 11.7. The zero-order valence-electron chi connectivity index (χ0n) is 7.33. The fourth-order valence-electron chi connectivity index (χ4n) is 1.05. The van der Waals surface area contributed by atoms with Gasteiger partial charge in [0.25, 0.3) is 0 Å². The first-order valence-corrected chi connectivity index (χ1v) is 3.99. The molecule has 0 atom stereocenters. The van der Waals surface area contributed by atoms with Gasteiger partial charge in [0, 0.05) is 0 Å². The van der Waals surface area contributed by atoms with Crippen LogP contribution in [0, 0.1) is 0 Å². The molecule has 2 nitrogen and oxygen atoms in total. The van der Waals surface area contributed by atoms with Gasteiger partial charge < -0.3 is 4.42 Å². The molecule has 0 bridgehead atoms. The highest BCUT2D eigenvalue weighted by Gasteiger charge is 2.02. The van der Waals surface area contributed by atoms with Crippen molar-refractivity contribution in [2.45, 2.75) is 20.3 Å². The van der Waals surface area contributed by atoms with E-state index in [1.807, 2.05) is 19.1 Å². The SMILES string of the molecule is CC/C(=C/C(C)=O)c1ccco1. The highest BCUT2D eigenvalue weighted by atomic mass is 16.3. The Kier molecular flexibility index (Phi) is 2.86. The van der Waals surface area contributed by atoms with Gasteiger partial charge in [0.1, 0.15) is 5.76 Å². The second-order valence-electron chi connectivity index (χ2n) is 2.61. The Labute approximate surface area is 71.9 Å². The third kappa shape index (κ3) is 2.09. The first-order chi connectivity index (χ1) is 5.74. The lowest BCUT2D eigenvalue weighted by atomic mass is 10.1. The van der Waals surface area contributed by atoms with E-state index in [2.05, 4.69) is 0 Å². The molecule has 0 aliphatic heterocycles. The molecule has 0 saturated heterocycles. The van der Waals surface area contributed by atoms with Crippen LogP contribution in [0.15, 0.2) is 28.9 Å². The first-order valence-electron chi connectivity index (χ1n) is 3.99. The van der Waals surface area contributed by atoms with Gasteiger partial charge in [-0.2, -0.15) is 0 Å². The summed E-state index contributed by atoms with van der Waals surface area (Å²) in [4.78, 5) is 10.8. The van der Waals surface area contributed by atoms with Gasteiger partial charge in [-0.25, -0.2) is 0 Å². The van der Waals surface area contributed by atoms with Crippen molar-refractivity contribution in [3.05, 3.63) is 30.2 Å². The Bertz CT molecular complexity index is 281. The van der Waals surface area contributed by atoms with Crippen molar-refractivity contribution in [2.75, 3.05) is 0 Å². The number of rotatable bonds is 3. The van der Waals surface area contributed by atoms with Gasteiger partial charge >= 0.3 is 0 Å². The molecular formula is C10H12O2. The molecule has 0 aliphatic carbocycles. The number of allylic oxidation sites excluding steroid dienone is 2. The van der Waals surface area contributed by atoms with E-state index < -0.39 is 0 Å². The van der Waals surface area contributed by atoms with E-state index in [-0.39, 0.29) is 5.78 Å². The van der Waals surface area contributed by atoms with Crippen molar-refractivity contribution < 1.29 is 9.21 Å². The molecule has 12 heavy (non-hydrogen) atoms. The van der Waals surface area contributed by atoms with Crippen LogP contribution in [-0.4, -0.2) is 5.78 Å². The number of hydrogen-bond donors (Lipinski definition) is 0. The third-order valence-corrected chi connectivity index (χ3v) is 1.60. The van der Waals surface area contributed by atoms with Gasteiger partial charge in [-0.1, -0.05) is 6.92 Å². The second-order valence-corrected chi connectivity index (χ2v) is 2.61. The zero-order valence-corrected chi connectivity index (χ0v) is 7.33. The maximum absolute atomic E-state index is 10.8. The number of ketones is 1. The molecule has 1 rings (SSSR count). The topological polar surface area (TPSA) is 30.2 Å². The number of furan rings is 1. The van der Waals surface area contributed by atoms with E-state index >= 15 is 0 Å². The van der Waals surface area contributed by atoms with Crippen molar-refractivity contribution in [3.63, 3.8) is 0 Å². The van der Waals surface area contributed by atoms with Gasteiger partial charge in [-0.3, -0.25) is 4.79 Å². The molecular weight excluding hydrogens is 152 g/mol. The van der Waals surface area contributed by atoms with Crippen molar-refractivity contribution in [3.8, 4) is 0 Å². The molecule has 64 valence electrons.